The second kappa shape index (κ2) is 5.78. The fourth-order valence-electron chi connectivity index (χ4n) is 3.58. The molecule has 124 valence electrons. The molecule has 1 N–H and O–H groups in total. The maximum absolute atomic E-state index is 10.1. The summed E-state index contributed by atoms with van der Waals surface area (Å²) in [5, 5.41) is 12.3. The zero-order chi connectivity index (χ0) is 17.5. The number of hydrogen-bond acceptors (Lipinski definition) is 2. The van der Waals surface area contributed by atoms with Gasteiger partial charge in [0.05, 0.1) is 0 Å². The fraction of sp³-hybridized carbons (Fsp3) is 0. The lowest BCUT2D eigenvalue weighted by atomic mass is 9.93. The monoisotopic (exact) mass is 336 g/mol. The van der Waals surface area contributed by atoms with E-state index in [1.165, 1.54) is 0 Å². The number of hydrogen-bond donors (Lipinski definition) is 1. The summed E-state index contributed by atoms with van der Waals surface area (Å²) in [5.41, 5.74) is 5.83. The van der Waals surface area contributed by atoms with Gasteiger partial charge in [-0.25, -0.2) is 0 Å². The van der Waals surface area contributed by atoms with Crippen molar-refractivity contribution in [2.75, 3.05) is 0 Å². The van der Waals surface area contributed by atoms with Gasteiger partial charge in [-0.1, -0.05) is 72.8 Å². The predicted octanol–water partition coefficient (Wildman–Crippen LogP) is 6.63. The Labute approximate surface area is 150 Å². The largest absolute Gasteiger partial charge is 0.508 e. The first-order valence-corrected chi connectivity index (χ1v) is 8.60. The number of furan rings is 1. The first-order chi connectivity index (χ1) is 12.8. The molecule has 0 aliphatic rings. The van der Waals surface area contributed by atoms with Crippen LogP contribution in [0.5, 0.6) is 5.75 Å². The highest BCUT2D eigenvalue weighted by Gasteiger charge is 2.15. The van der Waals surface area contributed by atoms with Gasteiger partial charge in [-0.2, -0.15) is 0 Å². The van der Waals surface area contributed by atoms with Crippen molar-refractivity contribution in [2.24, 2.45) is 0 Å². The number of phenolic OH excluding ortho intramolecular Hbond substituents is 1. The Morgan fingerprint density at radius 3 is 2.23 bits per heavy atom. The van der Waals surface area contributed by atoms with Gasteiger partial charge in [-0.15, -0.1) is 0 Å². The minimum atomic E-state index is 0.243. The number of rotatable bonds is 2. The van der Waals surface area contributed by atoms with Crippen LogP contribution in [0.15, 0.2) is 95.4 Å². The van der Waals surface area contributed by atoms with E-state index in [1.54, 1.807) is 6.07 Å². The number of aromatic hydroxyl groups is 1. The highest BCUT2D eigenvalue weighted by molar-refractivity contribution is 6.10. The highest BCUT2D eigenvalue weighted by atomic mass is 16.3. The lowest BCUT2D eigenvalue weighted by molar-refractivity contribution is 0.475. The Morgan fingerprint density at radius 2 is 1.35 bits per heavy atom. The fourth-order valence-corrected chi connectivity index (χ4v) is 3.58. The summed E-state index contributed by atoms with van der Waals surface area (Å²) in [7, 11) is 0. The van der Waals surface area contributed by atoms with Crippen LogP contribution in [0.25, 0.3) is 44.2 Å². The van der Waals surface area contributed by atoms with Gasteiger partial charge < -0.3 is 9.52 Å². The number of benzene rings is 4. The first kappa shape index (κ1) is 14.8. The summed E-state index contributed by atoms with van der Waals surface area (Å²) in [5.74, 6) is 0.243. The molecule has 26 heavy (non-hydrogen) atoms. The quantitative estimate of drug-likeness (QED) is 0.393. The molecule has 2 nitrogen and oxygen atoms in total. The van der Waals surface area contributed by atoms with Crippen LogP contribution in [-0.4, -0.2) is 5.11 Å². The Kier molecular flexibility index (Phi) is 3.29. The van der Waals surface area contributed by atoms with Crippen LogP contribution in [0.2, 0.25) is 0 Å². The van der Waals surface area contributed by atoms with E-state index in [4.69, 9.17) is 4.42 Å². The van der Waals surface area contributed by atoms with E-state index in [-0.39, 0.29) is 5.75 Å². The van der Waals surface area contributed by atoms with Crippen LogP contribution in [-0.2, 0) is 0 Å². The molecule has 0 unspecified atom stereocenters. The van der Waals surface area contributed by atoms with Gasteiger partial charge in [0.15, 0.2) is 0 Å². The highest BCUT2D eigenvalue weighted by Crippen LogP contribution is 2.40. The standard InChI is InChI=1S/C24H16O2/c25-17-13-14-18(16-7-2-1-3-8-16)22(15-17)21-11-6-10-20-19-9-4-5-12-23(19)26-24(20)21/h1-15,25H. The molecule has 0 amide bonds. The van der Waals surface area contributed by atoms with Gasteiger partial charge in [0.1, 0.15) is 16.9 Å². The van der Waals surface area contributed by atoms with Crippen LogP contribution in [0, 0.1) is 0 Å². The smallest absolute Gasteiger partial charge is 0.143 e. The molecule has 0 spiro atoms. The summed E-state index contributed by atoms with van der Waals surface area (Å²) < 4.78 is 6.19. The second-order valence-corrected chi connectivity index (χ2v) is 6.38. The van der Waals surface area contributed by atoms with Crippen LogP contribution in [0.3, 0.4) is 0 Å². The van der Waals surface area contributed by atoms with Crippen molar-refractivity contribution in [1.82, 2.24) is 0 Å². The summed E-state index contributed by atoms with van der Waals surface area (Å²) >= 11 is 0. The van der Waals surface area contributed by atoms with Crippen molar-refractivity contribution < 1.29 is 9.52 Å². The van der Waals surface area contributed by atoms with Crippen molar-refractivity contribution in [1.29, 1.82) is 0 Å². The molecular weight excluding hydrogens is 320 g/mol. The lowest BCUT2D eigenvalue weighted by Crippen LogP contribution is -1.86. The van der Waals surface area contributed by atoms with Crippen LogP contribution in [0.1, 0.15) is 0 Å². The molecule has 2 heteroatoms. The third-order valence-corrected chi connectivity index (χ3v) is 4.78. The predicted molar refractivity (Wildman–Crippen MR) is 106 cm³/mol. The molecule has 4 aromatic carbocycles. The van der Waals surface area contributed by atoms with Crippen molar-refractivity contribution >= 4 is 21.9 Å². The van der Waals surface area contributed by atoms with E-state index in [2.05, 4.69) is 24.3 Å². The molecule has 0 saturated heterocycles. The Balaban J connectivity index is 1.85. The van der Waals surface area contributed by atoms with E-state index in [0.717, 1.165) is 44.2 Å². The van der Waals surface area contributed by atoms with E-state index >= 15 is 0 Å². The molecule has 0 aliphatic carbocycles. The van der Waals surface area contributed by atoms with Gasteiger partial charge in [-0.05, 0) is 34.9 Å². The molecule has 0 radical (unpaired) electrons. The molecule has 0 atom stereocenters. The topological polar surface area (TPSA) is 33.4 Å². The molecule has 0 bridgehead atoms. The first-order valence-electron chi connectivity index (χ1n) is 8.60. The summed E-state index contributed by atoms with van der Waals surface area (Å²) in [6.07, 6.45) is 0. The Morgan fingerprint density at radius 1 is 0.577 bits per heavy atom. The second-order valence-electron chi connectivity index (χ2n) is 6.38. The number of para-hydroxylation sites is 2. The molecule has 0 aliphatic heterocycles. The third-order valence-electron chi connectivity index (χ3n) is 4.78. The van der Waals surface area contributed by atoms with Crippen molar-refractivity contribution in [3.05, 3.63) is 91.0 Å². The lowest BCUT2D eigenvalue weighted by Gasteiger charge is -2.11. The molecule has 0 fully saturated rings. The third kappa shape index (κ3) is 2.27. The SMILES string of the molecule is Oc1ccc(-c2ccccc2)c(-c2cccc3c2oc2ccccc23)c1. The van der Waals surface area contributed by atoms with Gasteiger partial charge in [-0.3, -0.25) is 0 Å². The summed E-state index contributed by atoms with van der Waals surface area (Å²) in [4.78, 5) is 0. The van der Waals surface area contributed by atoms with Crippen molar-refractivity contribution in [3.63, 3.8) is 0 Å². The van der Waals surface area contributed by atoms with Gasteiger partial charge in [0.2, 0.25) is 0 Å². The van der Waals surface area contributed by atoms with E-state index in [0.29, 0.717) is 0 Å². The van der Waals surface area contributed by atoms with Crippen LogP contribution in [0.4, 0.5) is 0 Å². The minimum absolute atomic E-state index is 0.243. The molecule has 5 aromatic rings. The maximum Gasteiger partial charge on any atom is 0.143 e. The normalized spacial score (nSPS) is 11.2. The number of phenols is 1. The van der Waals surface area contributed by atoms with E-state index < -0.39 is 0 Å². The van der Waals surface area contributed by atoms with E-state index in [1.807, 2.05) is 60.7 Å². The van der Waals surface area contributed by atoms with Gasteiger partial charge in [0, 0.05) is 16.3 Å². The molecule has 5 rings (SSSR count). The van der Waals surface area contributed by atoms with Crippen molar-refractivity contribution in [3.8, 4) is 28.0 Å². The maximum atomic E-state index is 10.1. The zero-order valence-corrected chi connectivity index (χ0v) is 14.0. The van der Waals surface area contributed by atoms with Gasteiger partial charge >= 0.3 is 0 Å². The molecular formula is C24H16O2. The Hall–Kier alpha value is -3.52. The van der Waals surface area contributed by atoms with Crippen LogP contribution >= 0.6 is 0 Å². The summed E-state index contributed by atoms with van der Waals surface area (Å²) in [6.45, 7) is 0. The molecule has 0 saturated carbocycles. The minimum Gasteiger partial charge on any atom is -0.508 e. The summed E-state index contributed by atoms with van der Waals surface area (Å²) in [6, 6.07) is 29.9. The average Bonchev–Trinajstić information content (AvgIpc) is 3.07. The van der Waals surface area contributed by atoms with Crippen LogP contribution < -0.4 is 0 Å². The number of fused-ring (bicyclic) bond motifs is 3. The van der Waals surface area contributed by atoms with E-state index in [9.17, 15) is 5.11 Å². The molecule has 1 aromatic heterocycles. The Bertz CT molecular complexity index is 1230. The molecule has 1 heterocycles. The van der Waals surface area contributed by atoms with Crippen molar-refractivity contribution in [2.45, 2.75) is 0 Å². The average molecular weight is 336 g/mol. The zero-order valence-electron chi connectivity index (χ0n) is 14.0. The van der Waals surface area contributed by atoms with Gasteiger partial charge in [0.25, 0.3) is 0 Å².